The molecule has 2 amide bonds. The second-order valence-electron chi connectivity index (χ2n) is 17.9. The fraction of sp³-hybridized carbons (Fsp3) is 0.420. The Labute approximate surface area is 372 Å². The van der Waals surface area contributed by atoms with Crippen molar-refractivity contribution in [2.45, 2.75) is 115 Å². The SMILES string of the molecule is CC(C)(C)[Si](C)(C)O[C@@H](CNCCCCCCOc1ccc(-c2ccccc2)c(NC(=O)OC2CCC(NC(=O)OCc3ccccc3)CC2)c1)c1ccc(O)c2[nH]c(=O)ccc12. The van der Waals surface area contributed by atoms with Crippen LogP contribution in [0.2, 0.25) is 18.1 Å². The van der Waals surface area contributed by atoms with Crippen molar-refractivity contribution < 1.29 is 33.3 Å². The van der Waals surface area contributed by atoms with Crippen molar-refractivity contribution in [3.8, 4) is 22.6 Å². The number of aromatic nitrogens is 1. The summed E-state index contributed by atoms with van der Waals surface area (Å²) in [6.45, 7) is 13.3. The first-order valence-corrected chi connectivity index (χ1v) is 25.2. The second-order valence-corrected chi connectivity index (χ2v) is 22.7. The number of nitrogens with one attached hydrogen (secondary N) is 4. The zero-order valence-electron chi connectivity index (χ0n) is 37.3. The van der Waals surface area contributed by atoms with E-state index in [1.165, 1.54) is 6.07 Å². The number of H-pyrrole nitrogens is 1. The van der Waals surface area contributed by atoms with Crippen LogP contribution in [-0.2, 0) is 20.5 Å². The summed E-state index contributed by atoms with van der Waals surface area (Å²) in [6.07, 6.45) is 5.03. The number of anilines is 1. The quantitative estimate of drug-likeness (QED) is 0.0402. The molecule has 1 aliphatic carbocycles. The summed E-state index contributed by atoms with van der Waals surface area (Å²) in [6, 6.07) is 31.9. The van der Waals surface area contributed by atoms with E-state index in [0.717, 1.165) is 59.9 Å². The molecule has 5 aromatic rings. The number of aromatic amines is 1. The Morgan fingerprint density at radius 3 is 2.29 bits per heavy atom. The molecule has 4 aromatic carbocycles. The molecule has 336 valence electrons. The molecule has 0 saturated heterocycles. The molecular formula is C50H64N4O8Si. The molecule has 0 spiro atoms. The number of aromatic hydroxyl groups is 1. The minimum absolute atomic E-state index is 0.00508. The van der Waals surface area contributed by atoms with Crippen molar-refractivity contribution >= 4 is 37.1 Å². The fourth-order valence-electron chi connectivity index (χ4n) is 7.55. The van der Waals surface area contributed by atoms with Crippen molar-refractivity contribution in [1.82, 2.24) is 15.6 Å². The Morgan fingerprint density at radius 1 is 0.841 bits per heavy atom. The summed E-state index contributed by atoms with van der Waals surface area (Å²) in [5.41, 5.74) is 4.46. The number of unbranched alkanes of at least 4 members (excludes halogenated alkanes) is 3. The van der Waals surface area contributed by atoms with Gasteiger partial charge < -0.3 is 39.4 Å². The number of alkyl carbamates (subject to hydrolysis) is 1. The number of carbonyl (C=O) groups is 2. The number of fused-ring (bicyclic) bond motifs is 1. The van der Waals surface area contributed by atoms with E-state index < -0.39 is 20.5 Å². The van der Waals surface area contributed by atoms with Crippen molar-refractivity contribution in [2.75, 3.05) is 25.0 Å². The number of benzene rings is 4. The highest BCUT2D eigenvalue weighted by Crippen LogP contribution is 2.41. The first kappa shape index (κ1) is 46.9. The van der Waals surface area contributed by atoms with Crippen molar-refractivity contribution in [3.05, 3.63) is 125 Å². The van der Waals surface area contributed by atoms with E-state index >= 15 is 0 Å². The van der Waals surface area contributed by atoms with Crippen LogP contribution in [0.4, 0.5) is 15.3 Å². The van der Waals surface area contributed by atoms with E-state index in [9.17, 15) is 19.5 Å². The molecule has 1 fully saturated rings. The third kappa shape index (κ3) is 13.7. The van der Waals surface area contributed by atoms with E-state index in [1.54, 1.807) is 12.1 Å². The zero-order chi connectivity index (χ0) is 44.8. The van der Waals surface area contributed by atoms with Gasteiger partial charge in [0.15, 0.2) is 8.32 Å². The third-order valence-corrected chi connectivity index (χ3v) is 16.6. The predicted octanol–water partition coefficient (Wildman–Crippen LogP) is 11.0. The minimum Gasteiger partial charge on any atom is -0.506 e. The van der Waals surface area contributed by atoms with Crippen LogP contribution >= 0.6 is 0 Å². The van der Waals surface area contributed by atoms with Gasteiger partial charge in [-0.05, 0) is 104 Å². The molecule has 12 nitrogen and oxygen atoms in total. The number of phenolic OH excluding ortho intramolecular Hbond substituents is 1. The Morgan fingerprint density at radius 2 is 1.56 bits per heavy atom. The number of pyridine rings is 1. The Balaban J connectivity index is 0.946. The van der Waals surface area contributed by atoms with Gasteiger partial charge in [0, 0.05) is 35.7 Å². The van der Waals surface area contributed by atoms with Gasteiger partial charge in [0.05, 0.1) is 23.9 Å². The standard InChI is InChI=1S/C50H64N4O8Si/c1-50(2,3)63(4,5)62-45(41-26-28-44(55)47-42(41)27-29-46(56)54-47)33-51-30-14-6-7-15-31-59-39-24-25-40(36-18-12-9-13-19-36)43(32-39)53-49(58)61-38-22-20-37(21-23-38)52-48(57)60-34-35-16-10-8-11-17-35/h8-13,16-19,24-29,32,37-38,45,51,55H,6-7,14-15,20-23,30-31,33-34H2,1-5H3,(H,52,57)(H,53,58)(H,54,56)/t37?,38?,45-/m0/s1. The van der Waals surface area contributed by atoms with Gasteiger partial charge in [0.25, 0.3) is 0 Å². The van der Waals surface area contributed by atoms with Crippen LogP contribution in [0.3, 0.4) is 0 Å². The molecule has 5 N–H and O–H groups in total. The number of phenols is 1. The molecular weight excluding hydrogens is 813 g/mol. The molecule has 0 bridgehead atoms. The number of rotatable bonds is 19. The highest BCUT2D eigenvalue weighted by atomic mass is 28.4. The van der Waals surface area contributed by atoms with Crippen LogP contribution in [0.15, 0.2) is 108 Å². The summed E-state index contributed by atoms with van der Waals surface area (Å²) < 4.78 is 24.4. The van der Waals surface area contributed by atoms with Crippen LogP contribution in [0.25, 0.3) is 22.0 Å². The maximum absolute atomic E-state index is 13.3. The van der Waals surface area contributed by atoms with Crippen molar-refractivity contribution in [1.29, 1.82) is 0 Å². The number of carbonyl (C=O) groups excluding carboxylic acids is 2. The summed E-state index contributed by atoms with van der Waals surface area (Å²) in [4.78, 5) is 40.5. The van der Waals surface area contributed by atoms with E-state index in [1.807, 2.05) is 84.9 Å². The average Bonchev–Trinajstić information content (AvgIpc) is 3.26. The molecule has 0 aliphatic heterocycles. The summed E-state index contributed by atoms with van der Waals surface area (Å²) in [5.74, 6) is 0.702. The van der Waals surface area contributed by atoms with Crippen LogP contribution in [-0.4, -0.2) is 62.4 Å². The summed E-state index contributed by atoms with van der Waals surface area (Å²) >= 11 is 0. The summed E-state index contributed by atoms with van der Waals surface area (Å²) in [7, 11) is -2.17. The third-order valence-electron chi connectivity index (χ3n) is 12.1. The van der Waals surface area contributed by atoms with Gasteiger partial charge in [-0.2, -0.15) is 0 Å². The zero-order valence-corrected chi connectivity index (χ0v) is 38.3. The number of hydrogen-bond acceptors (Lipinski definition) is 9. The molecule has 1 aromatic heterocycles. The molecule has 1 heterocycles. The highest BCUT2D eigenvalue weighted by Gasteiger charge is 2.39. The van der Waals surface area contributed by atoms with Crippen LogP contribution in [0.1, 0.15) is 89.4 Å². The lowest BCUT2D eigenvalue weighted by Gasteiger charge is -2.39. The van der Waals surface area contributed by atoms with Gasteiger partial charge >= 0.3 is 12.2 Å². The topological polar surface area (TPSA) is 160 Å². The molecule has 1 aliphatic rings. The maximum atomic E-state index is 13.3. The maximum Gasteiger partial charge on any atom is 0.411 e. The average molecular weight is 877 g/mol. The minimum atomic E-state index is -2.17. The second kappa shape index (κ2) is 22.1. The summed E-state index contributed by atoms with van der Waals surface area (Å²) in [5, 5.41) is 20.8. The lowest BCUT2D eigenvalue weighted by molar-refractivity contribution is 0.0761. The molecule has 63 heavy (non-hydrogen) atoms. The molecule has 6 rings (SSSR count). The van der Waals surface area contributed by atoms with E-state index in [0.29, 0.717) is 55.8 Å². The normalized spacial score (nSPS) is 16.0. The van der Waals surface area contributed by atoms with Gasteiger partial charge in [0.2, 0.25) is 5.56 Å². The van der Waals surface area contributed by atoms with E-state index in [-0.39, 0.29) is 41.2 Å². The van der Waals surface area contributed by atoms with Crippen molar-refractivity contribution in [2.24, 2.45) is 0 Å². The number of hydrogen-bond donors (Lipinski definition) is 5. The van der Waals surface area contributed by atoms with Crippen LogP contribution < -0.4 is 26.2 Å². The molecule has 1 saturated carbocycles. The van der Waals surface area contributed by atoms with Gasteiger partial charge in [-0.1, -0.05) is 100 Å². The van der Waals surface area contributed by atoms with Gasteiger partial charge in [-0.15, -0.1) is 0 Å². The smallest absolute Gasteiger partial charge is 0.411 e. The lowest BCUT2D eigenvalue weighted by atomic mass is 9.93. The Kier molecular flexibility index (Phi) is 16.5. The first-order chi connectivity index (χ1) is 30.3. The van der Waals surface area contributed by atoms with Crippen molar-refractivity contribution in [3.63, 3.8) is 0 Å². The molecule has 13 heteroatoms. The highest BCUT2D eigenvalue weighted by molar-refractivity contribution is 6.74. The molecule has 0 radical (unpaired) electrons. The number of amides is 2. The van der Waals surface area contributed by atoms with Gasteiger partial charge in [-0.25, -0.2) is 9.59 Å². The van der Waals surface area contributed by atoms with E-state index in [2.05, 4.69) is 54.8 Å². The Bertz CT molecular complexity index is 2310. The van der Waals surface area contributed by atoms with Crippen LogP contribution in [0.5, 0.6) is 11.5 Å². The lowest BCUT2D eigenvalue weighted by Crippen LogP contribution is -2.43. The first-order valence-electron chi connectivity index (χ1n) is 22.3. The largest absolute Gasteiger partial charge is 0.506 e. The monoisotopic (exact) mass is 876 g/mol. The fourth-order valence-corrected chi connectivity index (χ4v) is 8.82. The van der Waals surface area contributed by atoms with Crippen LogP contribution in [0, 0.1) is 0 Å². The number of ether oxygens (including phenoxy) is 3. The van der Waals surface area contributed by atoms with Gasteiger partial charge in [-0.3, -0.25) is 10.1 Å². The molecule has 0 unspecified atom stereocenters. The molecule has 1 atom stereocenters. The van der Waals surface area contributed by atoms with E-state index in [4.69, 9.17) is 18.6 Å². The predicted molar refractivity (Wildman–Crippen MR) is 252 cm³/mol. The van der Waals surface area contributed by atoms with Gasteiger partial charge in [0.1, 0.15) is 24.2 Å². The Hall–Kier alpha value is -5.63.